The normalized spacial score (nSPS) is 13.1. The second-order valence-electron chi connectivity index (χ2n) is 10.1. The third-order valence-corrected chi connectivity index (χ3v) is 6.59. The summed E-state index contributed by atoms with van der Waals surface area (Å²) >= 11 is 0. The molecule has 0 atom stereocenters. The van der Waals surface area contributed by atoms with E-state index in [0.29, 0.717) is 29.6 Å². The summed E-state index contributed by atoms with van der Waals surface area (Å²) in [6.07, 6.45) is 6.86. The summed E-state index contributed by atoms with van der Waals surface area (Å²) in [6.45, 7) is 8.03. The Bertz CT molecular complexity index is 1530. The highest BCUT2D eigenvalue weighted by atomic mass is 16.3. The van der Waals surface area contributed by atoms with Gasteiger partial charge in [-0.1, -0.05) is 12.1 Å². The fourth-order valence-corrected chi connectivity index (χ4v) is 4.68. The van der Waals surface area contributed by atoms with Gasteiger partial charge in [-0.05, 0) is 64.8 Å². The SMILES string of the molecule is CC(C)n1ccnc1-c1cccc(NC(=O)c2cc(-c3ccc(C(C)(C)O)nc3)c3n(c2=O)CCC3)n1. The number of nitrogens with one attached hydrogen (secondary N) is 1. The highest BCUT2D eigenvalue weighted by Crippen LogP contribution is 2.29. The first-order chi connectivity index (χ1) is 17.6. The number of amides is 1. The maximum Gasteiger partial charge on any atom is 0.263 e. The van der Waals surface area contributed by atoms with Gasteiger partial charge in [0.15, 0.2) is 5.82 Å². The predicted molar refractivity (Wildman–Crippen MR) is 141 cm³/mol. The number of fused-ring (bicyclic) bond motifs is 1. The molecule has 0 saturated carbocycles. The molecular weight excluding hydrogens is 468 g/mol. The standard InChI is InChI=1S/C28H30N6O3/c1-17(2)33-14-12-29-25(33)21-7-5-9-24(31-21)32-26(35)20-15-19(22-8-6-13-34(22)27(20)36)18-10-11-23(30-16-18)28(3,4)37/h5,7,9-12,14-17,37H,6,8,13H2,1-4H3,(H,31,32,35). The number of pyridine rings is 3. The molecule has 0 spiro atoms. The molecule has 2 N–H and O–H groups in total. The van der Waals surface area contributed by atoms with Gasteiger partial charge in [0.05, 0.1) is 5.69 Å². The Hall–Kier alpha value is -4.11. The minimum Gasteiger partial charge on any atom is -0.384 e. The fraction of sp³-hybridized carbons (Fsp3) is 0.321. The van der Waals surface area contributed by atoms with Crippen LogP contribution in [0.4, 0.5) is 5.82 Å². The first-order valence-corrected chi connectivity index (χ1v) is 12.4. The number of anilines is 1. The lowest BCUT2D eigenvalue weighted by Gasteiger charge is -2.17. The van der Waals surface area contributed by atoms with Crippen molar-refractivity contribution in [1.82, 2.24) is 24.1 Å². The molecule has 0 fully saturated rings. The van der Waals surface area contributed by atoms with Crippen LogP contribution in [0.25, 0.3) is 22.6 Å². The van der Waals surface area contributed by atoms with Crippen LogP contribution in [0.2, 0.25) is 0 Å². The predicted octanol–water partition coefficient (Wildman–Crippen LogP) is 4.18. The molecule has 1 aliphatic heterocycles. The zero-order chi connectivity index (χ0) is 26.3. The second kappa shape index (κ2) is 9.40. The van der Waals surface area contributed by atoms with E-state index < -0.39 is 11.5 Å². The number of nitrogens with zero attached hydrogens (tertiary/aromatic N) is 5. The van der Waals surface area contributed by atoms with E-state index in [0.717, 1.165) is 29.7 Å². The van der Waals surface area contributed by atoms with Crippen LogP contribution in [0.15, 0.2) is 59.8 Å². The number of aliphatic hydroxyl groups is 1. The fourth-order valence-electron chi connectivity index (χ4n) is 4.68. The lowest BCUT2D eigenvalue weighted by atomic mass is 9.99. The molecular formula is C28H30N6O3. The van der Waals surface area contributed by atoms with Gasteiger partial charge in [0.25, 0.3) is 11.5 Å². The molecule has 0 aromatic carbocycles. The number of hydrogen-bond donors (Lipinski definition) is 2. The van der Waals surface area contributed by atoms with Crippen molar-refractivity contribution >= 4 is 11.7 Å². The number of carbonyl (C=O) groups is 1. The number of carbonyl (C=O) groups excluding carboxylic acids is 1. The Morgan fingerprint density at radius 2 is 1.97 bits per heavy atom. The number of aromatic nitrogens is 5. The van der Waals surface area contributed by atoms with E-state index in [1.807, 2.05) is 22.9 Å². The van der Waals surface area contributed by atoms with Crippen molar-refractivity contribution in [3.63, 3.8) is 0 Å². The smallest absolute Gasteiger partial charge is 0.263 e. The lowest BCUT2D eigenvalue weighted by molar-refractivity contribution is 0.0739. The Morgan fingerprint density at radius 3 is 2.68 bits per heavy atom. The highest BCUT2D eigenvalue weighted by molar-refractivity contribution is 6.04. The maximum atomic E-state index is 13.3. The Labute approximate surface area is 214 Å². The molecule has 1 aliphatic rings. The Balaban J connectivity index is 1.49. The molecule has 9 nitrogen and oxygen atoms in total. The Kier molecular flexibility index (Phi) is 6.25. The monoisotopic (exact) mass is 498 g/mol. The summed E-state index contributed by atoms with van der Waals surface area (Å²) in [6, 6.07) is 10.8. The average Bonchev–Trinajstić information content (AvgIpc) is 3.55. The molecule has 9 heteroatoms. The summed E-state index contributed by atoms with van der Waals surface area (Å²) in [5.74, 6) is 0.516. The first-order valence-electron chi connectivity index (χ1n) is 12.4. The van der Waals surface area contributed by atoms with Crippen molar-refractivity contribution in [2.24, 2.45) is 0 Å². The summed E-state index contributed by atoms with van der Waals surface area (Å²) in [5, 5.41) is 13.0. The van der Waals surface area contributed by atoms with Crippen molar-refractivity contribution < 1.29 is 9.90 Å². The van der Waals surface area contributed by atoms with Crippen molar-refractivity contribution in [2.75, 3.05) is 5.32 Å². The molecule has 0 radical (unpaired) electrons. The van der Waals surface area contributed by atoms with Gasteiger partial charge in [0, 0.05) is 48.0 Å². The summed E-state index contributed by atoms with van der Waals surface area (Å²) in [7, 11) is 0. The topological polar surface area (TPSA) is 115 Å². The van der Waals surface area contributed by atoms with Crippen LogP contribution in [-0.4, -0.2) is 35.1 Å². The molecule has 0 aliphatic carbocycles. The zero-order valence-electron chi connectivity index (χ0n) is 21.4. The van der Waals surface area contributed by atoms with Crippen molar-refractivity contribution in [1.29, 1.82) is 0 Å². The maximum absolute atomic E-state index is 13.3. The average molecular weight is 499 g/mol. The summed E-state index contributed by atoms with van der Waals surface area (Å²) in [5.41, 5.74) is 2.30. The molecule has 0 saturated heterocycles. The zero-order valence-corrected chi connectivity index (χ0v) is 21.4. The van der Waals surface area contributed by atoms with E-state index >= 15 is 0 Å². The van der Waals surface area contributed by atoms with Crippen LogP contribution in [-0.2, 0) is 18.6 Å². The highest BCUT2D eigenvalue weighted by Gasteiger charge is 2.24. The summed E-state index contributed by atoms with van der Waals surface area (Å²) in [4.78, 5) is 40.0. The van der Waals surface area contributed by atoms with E-state index in [1.54, 1.807) is 55.1 Å². The van der Waals surface area contributed by atoms with Gasteiger partial charge in [-0.15, -0.1) is 0 Å². The molecule has 4 aromatic heterocycles. The number of imidazole rings is 1. The van der Waals surface area contributed by atoms with Crippen LogP contribution in [0.1, 0.15) is 61.9 Å². The van der Waals surface area contributed by atoms with Crippen LogP contribution < -0.4 is 10.9 Å². The first kappa shape index (κ1) is 24.6. The van der Waals surface area contributed by atoms with Crippen LogP contribution >= 0.6 is 0 Å². The van der Waals surface area contributed by atoms with E-state index in [9.17, 15) is 14.7 Å². The van der Waals surface area contributed by atoms with Crippen molar-refractivity contribution in [3.8, 4) is 22.6 Å². The molecule has 0 unspecified atom stereocenters. The third-order valence-electron chi connectivity index (χ3n) is 6.59. The summed E-state index contributed by atoms with van der Waals surface area (Å²) < 4.78 is 3.68. The molecule has 37 heavy (non-hydrogen) atoms. The minimum absolute atomic E-state index is 0.0445. The van der Waals surface area contributed by atoms with Gasteiger partial charge >= 0.3 is 0 Å². The van der Waals surface area contributed by atoms with Gasteiger partial charge in [-0.25, -0.2) is 9.97 Å². The lowest BCUT2D eigenvalue weighted by Crippen LogP contribution is -2.29. The van der Waals surface area contributed by atoms with E-state index in [1.165, 1.54) is 0 Å². The largest absolute Gasteiger partial charge is 0.384 e. The number of rotatable bonds is 6. The number of hydrogen-bond acceptors (Lipinski definition) is 6. The van der Waals surface area contributed by atoms with Gasteiger partial charge < -0.3 is 19.6 Å². The molecule has 1 amide bonds. The quantitative estimate of drug-likeness (QED) is 0.412. The van der Waals surface area contributed by atoms with Gasteiger partial charge in [-0.2, -0.15) is 0 Å². The van der Waals surface area contributed by atoms with Gasteiger partial charge in [-0.3, -0.25) is 14.6 Å². The molecule has 5 heterocycles. The third kappa shape index (κ3) is 4.70. The molecule has 5 rings (SSSR count). The van der Waals surface area contributed by atoms with Gasteiger partial charge in [0.1, 0.15) is 22.7 Å². The van der Waals surface area contributed by atoms with Crippen LogP contribution in [0, 0.1) is 0 Å². The molecule has 190 valence electrons. The molecule has 0 bridgehead atoms. The molecule has 4 aromatic rings. The van der Waals surface area contributed by atoms with Crippen molar-refractivity contribution in [2.45, 2.75) is 58.7 Å². The van der Waals surface area contributed by atoms with Crippen molar-refractivity contribution in [3.05, 3.63) is 82.3 Å². The Morgan fingerprint density at radius 1 is 1.16 bits per heavy atom. The van der Waals surface area contributed by atoms with Crippen LogP contribution in [0.3, 0.4) is 0 Å². The van der Waals surface area contributed by atoms with Crippen LogP contribution in [0.5, 0.6) is 0 Å². The van der Waals surface area contributed by atoms with E-state index in [2.05, 4.69) is 34.1 Å². The van der Waals surface area contributed by atoms with E-state index in [4.69, 9.17) is 0 Å². The minimum atomic E-state index is -1.06. The van der Waals surface area contributed by atoms with E-state index in [-0.39, 0.29) is 17.2 Å². The van der Waals surface area contributed by atoms with Gasteiger partial charge in [0.2, 0.25) is 0 Å². The second-order valence-corrected chi connectivity index (χ2v) is 10.1.